The summed E-state index contributed by atoms with van der Waals surface area (Å²) in [5.74, 6) is -0.754. The first-order valence-corrected chi connectivity index (χ1v) is 6.20. The molecule has 0 bridgehead atoms. The van der Waals surface area contributed by atoms with Crippen molar-refractivity contribution in [3.05, 3.63) is 38.3 Å². The maximum absolute atomic E-state index is 11.9. The number of hydrogen-bond acceptors (Lipinski definition) is 5. The molecular weight excluding hydrogens is 266 g/mol. The van der Waals surface area contributed by atoms with Crippen molar-refractivity contribution in [3.8, 4) is 0 Å². The van der Waals surface area contributed by atoms with E-state index in [1.54, 1.807) is 13.8 Å². The Bertz CT molecular complexity index is 562. The summed E-state index contributed by atoms with van der Waals surface area (Å²) in [6.07, 6.45) is 1.80. The number of nitrogens with zero attached hydrogens (tertiary/aromatic N) is 1. The Kier molecular flexibility index (Phi) is 4.98. The van der Waals surface area contributed by atoms with E-state index in [0.717, 1.165) is 12.3 Å². The molecule has 1 heterocycles. The predicted molar refractivity (Wildman–Crippen MR) is 71.6 cm³/mol. The van der Waals surface area contributed by atoms with Crippen LogP contribution in [0.5, 0.6) is 0 Å². The lowest BCUT2D eigenvalue weighted by Gasteiger charge is -2.25. The molecule has 0 radical (unpaired) electrons. The Labute approximate surface area is 115 Å². The smallest absolute Gasteiger partial charge is 0.286 e. The van der Waals surface area contributed by atoms with E-state index in [2.05, 4.69) is 10.3 Å². The average Bonchev–Trinajstić information content (AvgIpc) is 2.44. The Balaban J connectivity index is 2.90. The topological polar surface area (TPSA) is 125 Å². The molecule has 0 aliphatic heterocycles. The number of nitrogens with one attached hydrogen (secondary N) is 2. The molecule has 0 fully saturated rings. The van der Waals surface area contributed by atoms with Crippen LogP contribution in [0.4, 0.5) is 5.69 Å². The predicted octanol–water partition coefficient (Wildman–Crippen LogP) is 0.564. The van der Waals surface area contributed by atoms with Gasteiger partial charge in [0, 0.05) is 12.6 Å². The van der Waals surface area contributed by atoms with E-state index < -0.39 is 22.0 Å². The second-order valence-corrected chi connectivity index (χ2v) is 4.47. The van der Waals surface area contributed by atoms with Gasteiger partial charge in [-0.05, 0) is 12.8 Å². The second-order valence-electron chi connectivity index (χ2n) is 4.47. The number of pyridine rings is 1. The van der Waals surface area contributed by atoms with Gasteiger partial charge in [-0.3, -0.25) is 19.7 Å². The summed E-state index contributed by atoms with van der Waals surface area (Å²) in [6.45, 7) is 3.52. The van der Waals surface area contributed by atoms with E-state index in [1.165, 1.54) is 0 Å². The molecule has 0 aliphatic carbocycles. The van der Waals surface area contributed by atoms with Crippen LogP contribution in [-0.4, -0.2) is 33.1 Å². The van der Waals surface area contributed by atoms with Crippen LogP contribution in [0.3, 0.4) is 0 Å². The van der Waals surface area contributed by atoms with Crippen molar-refractivity contribution in [2.45, 2.75) is 32.3 Å². The summed E-state index contributed by atoms with van der Waals surface area (Å²) in [4.78, 5) is 35.4. The van der Waals surface area contributed by atoms with Crippen LogP contribution < -0.4 is 10.9 Å². The van der Waals surface area contributed by atoms with Gasteiger partial charge in [-0.25, -0.2) is 0 Å². The molecule has 1 aromatic rings. The van der Waals surface area contributed by atoms with Gasteiger partial charge >= 0.3 is 0 Å². The van der Waals surface area contributed by atoms with E-state index in [4.69, 9.17) is 0 Å². The normalized spacial score (nSPS) is 11.2. The molecule has 0 saturated heterocycles. The van der Waals surface area contributed by atoms with Crippen molar-refractivity contribution in [1.82, 2.24) is 10.3 Å². The number of aliphatic hydroxyl groups is 1. The van der Waals surface area contributed by atoms with Crippen molar-refractivity contribution in [3.63, 3.8) is 0 Å². The molecule has 1 aromatic heterocycles. The standard InChI is InChI=1S/C12H17N3O5/c1-3-12(18,4-2)7-14-11(17)9-5-8(15(19)20)6-13-10(9)16/h5-6,18H,3-4,7H2,1-2H3,(H,13,16)(H,14,17). The Morgan fingerprint density at radius 3 is 2.60 bits per heavy atom. The van der Waals surface area contributed by atoms with Gasteiger partial charge in [-0.1, -0.05) is 13.8 Å². The van der Waals surface area contributed by atoms with Gasteiger partial charge in [0.25, 0.3) is 17.2 Å². The van der Waals surface area contributed by atoms with Crippen LogP contribution in [0.15, 0.2) is 17.1 Å². The maximum Gasteiger partial charge on any atom is 0.286 e. The van der Waals surface area contributed by atoms with Crippen molar-refractivity contribution >= 4 is 11.6 Å². The molecule has 8 heteroatoms. The largest absolute Gasteiger partial charge is 0.388 e. The molecule has 1 amide bonds. The summed E-state index contributed by atoms with van der Waals surface area (Å²) in [5, 5.41) is 23.1. The lowest BCUT2D eigenvalue weighted by atomic mass is 9.97. The molecule has 0 atom stereocenters. The van der Waals surface area contributed by atoms with Gasteiger partial charge in [-0.15, -0.1) is 0 Å². The van der Waals surface area contributed by atoms with Crippen LogP contribution >= 0.6 is 0 Å². The molecule has 3 N–H and O–H groups in total. The number of hydrogen-bond donors (Lipinski definition) is 3. The van der Waals surface area contributed by atoms with Gasteiger partial charge in [0.05, 0.1) is 16.7 Å². The summed E-state index contributed by atoms with van der Waals surface area (Å²) in [6, 6.07) is 0.908. The third-order valence-electron chi connectivity index (χ3n) is 3.24. The molecule has 110 valence electrons. The molecule has 0 spiro atoms. The van der Waals surface area contributed by atoms with Gasteiger partial charge in [0.1, 0.15) is 5.56 Å². The summed E-state index contributed by atoms with van der Waals surface area (Å²) in [7, 11) is 0. The number of carbonyl (C=O) groups excluding carboxylic acids is 1. The van der Waals surface area contributed by atoms with Crippen LogP contribution in [0.25, 0.3) is 0 Å². The van der Waals surface area contributed by atoms with E-state index in [0.29, 0.717) is 12.8 Å². The number of nitro groups is 1. The Morgan fingerprint density at radius 2 is 2.10 bits per heavy atom. The average molecular weight is 283 g/mol. The minimum atomic E-state index is -1.05. The molecule has 0 aromatic carbocycles. The fourth-order valence-corrected chi connectivity index (χ4v) is 1.59. The summed E-state index contributed by atoms with van der Waals surface area (Å²) >= 11 is 0. The van der Waals surface area contributed by atoms with Gasteiger partial charge < -0.3 is 15.4 Å². The third kappa shape index (κ3) is 3.64. The lowest BCUT2D eigenvalue weighted by molar-refractivity contribution is -0.385. The minimum Gasteiger partial charge on any atom is -0.388 e. The van der Waals surface area contributed by atoms with Crippen molar-refractivity contribution in [2.24, 2.45) is 0 Å². The monoisotopic (exact) mass is 283 g/mol. The SMILES string of the molecule is CCC(O)(CC)CNC(=O)c1cc([N+](=O)[O-])c[nH]c1=O. The van der Waals surface area contributed by atoms with Gasteiger partial charge in [-0.2, -0.15) is 0 Å². The number of rotatable bonds is 6. The molecule has 1 rings (SSSR count). The Morgan fingerprint density at radius 1 is 1.50 bits per heavy atom. The fourth-order valence-electron chi connectivity index (χ4n) is 1.59. The van der Waals surface area contributed by atoms with E-state index in [1.807, 2.05) is 0 Å². The summed E-state index contributed by atoms with van der Waals surface area (Å²) < 4.78 is 0. The first kappa shape index (κ1) is 15.8. The highest BCUT2D eigenvalue weighted by atomic mass is 16.6. The van der Waals surface area contributed by atoms with Crippen LogP contribution in [-0.2, 0) is 0 Å². The van der Waals surface area contributed by atoms with E-state index in [9.17, 15) is 24.8 Å². The lowest BCUT2D eigenvalue weighted by Crippen LogP contribution is -2.43. The molecule has 8 nitrogen and oxygen atoms in total. The molecule has 0 aliphatic rings. The zero-order valence-electron chi connectivity index (χ0n) is 11.3. The number of aromatic amines is 1. The van der Waals surface area contributed by atoms with Crippen molar-refractivity contribution < 1.29 is 14.8 Å². The van der Waals surface area contributed by atoms with Crippen LogP contribution in [0.2, 0.25) is 0 Å². The molecular formula is C12H17N3O5. The zero-order chi connectivity index (χ0) is 15.3. The number of aromatic nitrogens is 1. The number of amides is 1. The fraction of sp³-hybridized carbons (Fsp3) is 0.500. The van der Waals surface area contributed by atoms with Gasteiger partial charge in [0.15, 0.2) is 0 Å². The number of carbonyl (C=O) groups is 1. The van der Waals surface area contributed by atoms with E-state index >= 15 is 0 Å². The first-order chi connectivity index (χ1) is 9.33. The zero-order valence-corrected chi connectivity index (χ0v) is 11.3. The summed E-state index contributed by atoms with van der Waals surface area (Å²) in [5.41, 5.74) is -2.50. The second kappa shape index (κ2) is 6.29. The maximum atomic E-state index is 11.9. The van der Waals surface area contributed by atoms with Gasteiger partial charge in [0.2, 0.25) is 0 Å². The Hall–Kier alpha value is -2.22. The molecule has 0 saturated carbocycles. The van der Waals surface area contributed by atoms with Crippen LogP contribution in [0, 0.1) is 10.1 Å². The quantitative estimate of drug-likeness (QED) is 0.519. The highest BCUT2D eigenvalue weighted by Crippen LogP contribution is 2.13. The minimum absolute atomic E-state index is 0.0268. The molecule has 0 unspecified atom stereocenters. The van der Waals surface area contributed by atoms with Crippen molar-refractivity contribution in [2.75, 3.05) is 6.54 Å². The van der Waals surface area contributed by atoms with E-state index in [-0.39, 0.29) is 17.8 Å². The molecule has 20 heavy (non-hydrogen) atoms. The first-order valence-electron chi connectivity index (χ1n) is 6.20. The number of H-pyrrole nitrogens is 1. The third-order valence-corrected chi connectivity index (χ3v) is 3.24. The highest BCUT2D eigenvalue weighted by molar-refractivity contribution is 5.94. The van der Waals surface area contributed by atoms with Crippen LogP contribution in [0.1, 0.15) is 37.0 Å². The highest BCUT2D eigenvalue weighted by Gasteiger charge is 2.24. The van der Waals surface area contributed by atoms with Crippen molar-refractivity contribution in [1.29, 1.82) is 0 Å².